The Bertz CT molecular complexity index is 1520. The van der Waals surface area contributed by atoms with E-state index in [1.165, 1.54) is 0 Å². The third kappa shape index (κ3) is 3.96. The largest absolute Gasteiger partial charge is 0.457 e. The summed E-state index contributed by atoms with van der Waals surface area (Å²) in [5.41, 5.74) is 6.71. The number of ether oxygens (including phenoxy) is 1. The number of amides is 1. The summed E-state index contributed by atoms with van der Waals surface area (Å²) < 4.78 is 48.1. The molecule has 0 aliphatic heterocycles. The minimum atomic E-state index is -4.53. The van der Waals surface area contributed by atoms with Gasteiger partial charge in [-0.1, -0.05) is 36.4 Å². The summed E-state index contributed by atoms with van der Waals surface area (Å²) in [5.74, 6) is 0.619. The Balaban J connectivity index is 1.66. The van der Waals surface area contributed by atoms with Crippen LogP contribution in [0.25, 0.3) is 21.8 Å². The number of nitrogens with zero attached hydrogens (tertiary/aromatic N) is 1. The summed E-state index contributed by atoms with van der Waals surface area (Å²) in [4.78, 5) is 12.1. The normalized spacial score (nSPS) is 11.7. The van der Waals surface area contributed by atoms with E-state index in [0.717, 1.165) is 17.7 Å². The lowest BCUT2D eigenvalue weighted by Crippen LogP contribution is -2.11. The average Bonchev–Trinajstić information content (AvgIpc) is 3.12. The molecule has 0 saturated heterocycles. The van der Waals surface area contributed by atoms with Crippen LogP contribution in [0.15, 0.2) is 84.9 Å². The van der Waals surface area contributed by atoms with Gasteiger partial charge in [-0.05, 0) is 60.2 Å². The van der Waals surface area contributed by atoms with Crippen molar-refractivity contribution in [1.29, 1.82) is 0 Å². The molecule has 0 saturated carbocycles. The third-order valence-electron chi connectivity index (χ3n) is 5.61. The number of carbonyl (C=O) groups excluding carboxylic acids is 1. The maximum Gasteiger partial charge on any atom is 0.416 e. The monoisotopic (exact) mass is 459 g/mol. The highest BCUT2D eigenvalue weighted by Gasteiger charge is 2.31. The molecular weight excluding hydrogens is 441 g/mol. The first-order valence-corrected chi connectivity index (χ1v) is 10.5. The molecule has 0 aliphatic rings. The standard InChI is InChI=1S/C27H18F3N2O2/c28-27(29,30)18-12-13-21-24(15-18)32(23-11-5-10-22(25(21)23)26(31)33)16-17-6-4-9-20(14-17)34-19-7-2-1-3-8-19/h1-12,14-15H,16H2,(H2,31,33). The zero-order chi connectivity index (χ0) is 23.9. The molecule has 0 bridgehead atoms. The van der Waals surface area contributed by atoms with Crippen molar-refractivity contribution in [1.82, 2.24) is 4.57 Å². The number of fused-ring (bicyclic) bond motifs is 3. The van der Waals surface area contributed by atoms with Gasteiger partial charge in [-0.3, -0.25) is 4.79 Å². The van der Waals surface area contributed by atoms with Crippen molar-refractivity contribution >= 4 is 27.7 Å². The Kier molecular flexibility index (Phi) is 5.24. The SMILES string of the molecule is NC(=O)c1cccc2c1c1[c]cc(C(F)(F)F)cc1n2Cc1cccc(Oc2ccccc2)c1. The van der Waals surface area contributed by atoms with Gasteiger partial charge < -0.3 is 15.0 Å². The predicted molar refractivity (Wildman–Crippen MR) is 124 cm³/mol. The number of hydrogen-bond donors (Lipinski definition) is 1. The Labute approximate surface area is 193 Å². The molecule has 1 radical (unpaired) electrons. The van der Waals surface area contributed by atoms with E-state index in [2.05, 4.69) is 6.07 Å². The van der Waals surface area contributed by atoms with E-state index in [9.17, 15) is 18.0 Å². The lowest BCUT2D eigenvalue weighted by Gasteiger charge is -2.12. The summed E-state index contributed by atoms with van der Waals surface area (Å²) >= 11 is 0. The molecule has 1 aromatic heterocycles. The second-order valence-electron chi connectivity index (χ2n) is 7.86. The van der Waals surface area contributed by atoms with Crippen LogP contribution in [0.5, 0.6) is 11.5 Å². The summed E-state index contributed by atoms with van der Waals surface area (Å²) in [5, 5.41) is 0.893. The molecule has 0 aliphatic carbocycles. The van der Waals surface area contributed by atoms with Crippen molar-refractivity contribution in [2.45, 2.75) is 12.7 Å². The lowest BCUT2D eigenvalue weighted by atomic mass is 10.0. The second-order valence-corrected chi connectivity index (χ2v) is 7.86. The fraction of sp³-hybridized carbons (Fsp3) is 0.0741. The summed E-state index contributed by atoms with van der Waals surface area (Å²) in [6, 6.07) is 26.3. The summed E-state index contributed by atoms with van der Waals surface area (Å²) in [7, 11) is 0. The molecule has 1 amide bonds. The fourth-order valence-corrected chi connectivity index (χ4v) is 4.11. The number of benzene rings is 4. The van der Waals surface area contributed by atoms with Gasteiger partial charge in [-0.15, -0.1) is 0 Å². The highest BCUT2D eigenvalue weighted by Crippen LogP contribution is 2.37. The average molecular weight is 459 g/mol. The fourth-order valence-electron chi connectivity index (χ4n) is 4.11. The van der Waals surface area contributed by atoms with E-state index in [-0.39, 0.29) is 12.1 Å². The number of alkyl halides is 3. The van der Waals surface area contributed by atoms with Crippen LogP contribution in [-0.2, 0) is 12.7 Å². The molecule has 4 nitrogen and oxygen atoms in total. The van der Waals surface area contributed by atoms with Crippen molar-refractivity contribution < 1.29 is 22.7 Å². The van der Waals surface area contributed by atoms with Gasteiger partial charge in [0.1, 0.15) is 11.5 Å². The van der Waals surface area contributed by atoms with Crippen molar-refractivity contribution in [2.24, 2.45) is 5.73 Å². The van der Waals surface area contributed by atoms with E-state index in [1.807, 2.05) is 54.6 Å². The maximum absolute atomic E-state index is 13.5. The predicted octanol–water partition coefficient (Wildman–Crippen LogP) is 6.55. The lowest BCUT2D eigenvalue weighted by molar-refractivity contribution is -0.137. The van der Waals surface area contributed by atoms with Crippen LogP contribution in [0, 0.1) is 6.07 Å². The Hall–Kier alpha value is -4.26. The minimum Gasteiger partial charge on any atom is -0.457 e. The molecule has 7 heteroatoms. The van der Waals surface area contributed by atoms with Crippen LogP contribution in [0.1, 0.15) is 21.5 Å². The van der Waals surface area contributed by atoms with E-state index in [4.69, 9.17) is 10.5 Å². The van der Waals surface area contributed by atoms with Gasteiger partial charge in [0.25, 0.3) is 0 Å². The molecule has 34 heavy (non-hydrogen) atoms. The topological polar surface area (TPSA) is 57.2 Å². The molecule has 1 heterocycles. The number of aromatic nitrogens is 1. The van der Waals surface area contributed by atoms with Crippen LogP contribution < -0.4 is 10.5 Å². The smallest absolute Gasteiger partial charge is 0.416 e. The zero-order valence-corrected chi connectivity index (χ0v) is 17.8. The first-order chi connectivity index (χ1) is 16.3. The van der Waals surface area contributed by atoms with E-state index in [0.29, 0.717) is 33.3 Å². The van der Waals surface area contributed by atoms with Gasteiger partial charge in [0.15, 0.2) is 0 Å². The van der Waals surface area contributed by atoms with E-state index >= 15 is 0 Å². The summed E-state index contributed by atoms with van der Waals surface area (Å²) in [6.07, 6.45) is -4.53. The van der Waals surface area contributed by atoms with Gasteiger partial charge in [0, 0.05) is 22.9 Å². The van der Waals surface area contributed by atoms with Gasteiger partial charge in [-0.2, -0.15) is 13.2 Å². The molecule has 4 aromatic carbocycles. The van der Waals surface area contributed by atoms with E-state index < -0.39 is 17.6 Å². The molecule has 169 valence electrons. The quantitative estimate of drug-likeness (QED) is 0.324. The van der Waals surface area contributed by atoms with Gasteiger partial charge in [-0.25, -0.2) is 0 Å². The van der Waals surface area contributed by atoms with Crippen molar-refractivity contribution in [3.63, 3.8) is 0 Å². The number of para-hydroxylation sites is 1. The number of rotatable bonds is 5. The van der Waals surface area contributed by atoms with Crippen molar-refractivity contribution in [3.8, 4) is 11.5 Å². The molecule has 0 atom stereocenters. The highest BCUT2D eigenvalue weighted by molar-refractivity contribution is 6.17. The molecule has 2 N–H and O–H groups in total. The first-order valence-electron chi connectivity index (χ1n) is 10.5. The van der Waals surface area contributed by atoms with Gasteiger partial charge >= 0.3 is 6.18 Å². The van der Waals surface area contributed by atoms with Crippen molar-refractivity contribution in [2.75, 3.05) is 0 Å². The van der Waals surface area contributed by atoms with Crippen LogP contribution in [0.2, 0.25) is 0 Å². The van der Waals surface area contributed by atoms with Gasteiger partial charge in [0.05, 0.1) is 16.6 Å². The number of primary amides is 1. The molecule has 5 rings (SSSR count). The van der Waals surface area contributed by atoms with Crippen molar-refractivity contribution in [3.05, 3.63) is 108 Å². The molecule has 0 spiro atoms. The Morgan fingerprint density at radius 1 is 0.912 bits per heavy atom. The number of carbonyl (C=O) groups is 1. The summed E-state index contributed by atoms with van der Waals surface area (Å²) in [6.45, 7) is 0.253. The molecule has 0 fully saturated rings. The van der Waals surface area contributed by atoms with E-state index in [1.54, 1.807) is 22.8 Å². The molecule has 5 aromatic rings. The van der Waals surface area contributed by atoms with Crippen LogP contribution >= 0.6 is 0 Å². The first kappa shape index (κ1) is 21.6. The Morgan fingerprint density at radius 3 is 2.38 bits per heavy atom. The van der Waals surface area contributed by atoms with Crippen LogP contribution in [0.4, 0.5) is 13.2 Å². The maximum atomic E-state index is 13.5. The Morgan fingerprint density at radius 2 is 1.65 bits per heavy atom. The van der Waals surface area contributed by atoms with Gasteiger partial charge in [0.2, 0.25) is 5.91 Å². The highest BCUT2D eigenvalue weighted by atomic mass is 19.4. The van der Waals surface area contributed by atoms with Crippen LogP contribution in [-0.4, -0.2) is 10.5 Å². The second kappa shape index (κ2) is 8.26. The number of hydrogen-bond acceptors (Lipinski definition) is 2. The zero-order valence-electron chi connectivity index (χ0n) is 17.8. The molecule has 0 unspecified atom stereocenters. The minimum absolute atomic E-state index is 0.235. The molecular formula is C27H18F3N2O2. The number of halogens is 3. The third-order valence-corrected chi connectivity index (χ3v) is 5.61. The number of nitrogens with two attached hydrogens (primary N) is 1. The van der Waals surface area contributed by atoms with Crippen LogP contribution in [0.3, 0.4) is 0 Å².